The van der Waals surface area contributed by atoms with Crippen LogP contribution in [0.2, 0.25) is 0 Å². The standard InChI is InChI=1S/C16H23NO/c1-12-6-7-16(9-12,11-17)10-14-8-13-4-2-3-5-15(13)18-14/h2-5,12,14H,6-11,17H2,1H3. The second kappa shape index (κ2) is 4.58. The van der Waals surface area contributed by atoms with Crippen LogP contribution in [0.4, 0.5) is 0 Å². The lowest BCUT2D eigenvalue weighted by molar-refractivity contribution is 0.139. The summed E-state index contributed by atoms with van der Waals surface area (Å²) in [6.07, 6.45) is 6.42. The zero-order valence-electron chi connectivity index (χ0n) is 11.2. The van der Waals surface area contributed by atoms with E-state index in [1.54, 1.807) is 0 Å². The Hall–Kier alpha value is -1.02. The molecule has 0 radical (unpaired) electrons. The van der Waals surface area contributed by atoms with Gasteiger partial charge in [-0.05, 0) is 48.8 Å². The molecular weight excluding hydrogens is 222 g/mol. The Morgan fingerprint density at radius 1 is 1.39 bits per heavy atom. The highest BCUT2D eigenvalue weighted by Gasteiger charge is 2.40. The van der Waals surface area contributed by atoms with Gasteiger partial charge in [-0.1, -0.05) is 31.5 Å². The van der Waals surface area contributed by atoms with Crippen molar-refractivity contribution in [3.63, 3.8) is 0 Å². The van der Waals surface area contributed by atoms with Gasteiger partial charge in [0.15, 0.2) is 0 Å². The lowest BCUT2D eigenvalue weighted by atomic mass is 9.79. The molecule has 1 aromatic carbocycles. The number of nitrogens with two attached hydrogens (primary N) is 1. The van der Waals surface area contributed by atoms with Gasteiger partial charge in [0.2, 0.25) is 0 Å². The van der Waals surface area contributed by atoms with E-state index < -0.39 is 0 Å². The van der Waals surface area contributed by atoms with Crippen LogP contribution in [-0.4, -0.2) is 12.6 Å². The maximum absolute atomic E-state index is 6.08. The highest BCUT2D eigenvalue weighted by Crippen LogP contribution is 2.46. The van der Waals surface area contributed by atoms with Gasteiger partial charge in [0.1, 0.15) is 11.9 Å². The third kappa shape index (κ3) is 2.14. The molecule has 1 aliphatic heterocycles. The maximum atomic E-state index is 6.08. The summed E-state index contributed by atoms with van der Waals surface area (Å²) in [5.74, 6) is 1.91. The van der Waals surface area contributed by atoms with E-state index in [9.17, 15) is 0 Å². The molecule has 1 saturated carbocycles. The van der Waals surface area contributed by atoms with Gasteiger partial charge in [-0.25, -0.2) is 0 Å². The smallest absolute Gasteiger partial charge is 0.123 e. The molecule has 1 aromatic rings. The molecule has 2 N–H and O–H groups in total. The first kappa shape index (κ1) is 12.0. The predicted octanol–water partition coefficient (Wildman–Crippen LogP) is 3.15. The summed E-state index contributed by atoms with van der Waals surface area (Å²) in [7, 11) is 0. The molecule has 0 amide bonds. The van der Waals surface area contributed by atoms with Crippen LogP contribution in [0, 0.1) is 11.3 Å². The number of hydrogen-bond donors (Lipinski definition) is 1. The van der Waals surface area contributed by atoms with Crippen LogP contribution >= 0.6 is 0 Å². The van der Waals surface area contributed by atoms with Gasteiger partial charge < -0.3 is 10.5 Å². The van der Waals surface area contributed by atoms with Gasteiger partial charge in [-0.2, -0.15) is 0 Å². The van der Waals surface area contributed by atoms with Gasteiger partial charge in [0.25, 0.3) is 0 Å². The number of ether oxygens (including phenoxy) is 1. The molecule has 1 fully saturated rings. The lowest BCUT2D eigenvalue weighted by Gasteiger charge is -2.30. The molecule has 1 aliphatic carbocycles. The van der Waals surface area contributed by atoms with E-state index in [2.05, 4.69) is 31.2 Å². The number of benzene rings is 1. The van der Waals surface area contributed by atoms with Crippen LogP contribution in [0.5, 0.6) is 5.75 Å². The molecule has 18 heavy (non-hydrogen) atoms. The summed E-state index contributed by atoms with van der Waals surface area (Å²) in [4.78, 5) is 0. The molecule has 2 aliphatic rings. The Labute approximate surface area is 110 Å². The van der Waals surface area contributed by atoms with Gasteiger partial charge in [-0.3, -0.25) is 0 Å². The predicted molar refractivity (Wildman–Crippen MR) is 73.7 cm³/mol. The molecule has 2 nitrogen and oxygen atoms in total. The van der Waals surface area contributed by atoms with Crippen LogP contribution in [0.1, 0.15) is 38.2 Å². The zero-order valence-corrected chi connectivity index (χ0v) is 11.2. The summed E-state index contributed by atoms with van der Waals surface area (Å²) in [6, 6.07) is 8.42. The Kier molecular flexibility index (Phi) is 3.06. The summed E-state index contributed by atoms with van der Waals surface area (Å²) in [6.45, 7) is 3.16. The minimum atomic E-state index is 0.339. The van der Waals surface area contributed by atoms with Gasteiger partial charge in [0.05, 0.1) is 0 Å². The summed E-state index contributed by atoms with van der Waals surface area (Å²) in [5, 5.41) is 0. The second-order valence-corrected chi connectivity index (χ2v) is 6.31. The Morgan fingerprint density at radius 2 is 2.22 bits per heavy atom. The van der Waals surface area contributed by atoms with Crippen molar-refractivity contribution < 1.29 is 4.74 Å². The summed E-state index contributed by atoms with van der Waals surface area (Å²) >= 11 is 0. The third-order valence-corrected chi connectivity index (χ3v) is 4.76. The molecule has 2 heteroatoms. The first-order valence-electron chi connectivity index (χ1n) is 7.15. The largest absolute Gasteiger partial charge is 0.490 e. The first-order chi connectivity index (χ1) is 8.71. The van der Waals surface area contributed by atoms with Gasteiger partial charge in [-0.15, -0.1) is 0 Å². The Morgan fingerprint density at radius 3 is 2.89 bits per heavy atom. The van der Waals surface area contributed by atoms with Crippen molar-refractivity contribution in [1.29, 1.82) is 0 Å². The van der Waals surface area contributed by atoms with Gasteiger partial charge in [0, 0.05) is 6.42 Å². The summed E-state index contributed by atoms with van der Waals surface area (Å²) < 4.78 is 6.08. The second-order valence-electron chi connectivity index (χ2n) is 6.31. The van der Waals surface area contributed by atoms with E-state index in [0.29, 0.717) is 11.5 Å². The van der Waals surface area contributed by atoms with E-state index in [-0.39, 0.29) is 0 Å². The molecule has 1 heterocycles. The number of para-hydroxylation sites is 1. The van der Waals surface area contributed by atoms with Gasteiger partial charge >= 0.3 is 0 Å². The fraction of sp³-hybridized carbons (Fsp3) is 0.625. The van der Waals surface area contributed by atoms with Crippen molar-refractivity contribution in [2.75, 3.05) is 6.54 Å². The van der Waals surface area contributed by atoms with Crippen LogP contribution in [0.25, 0.3) is 0 Å². The molecule has 0 bridgehead atoms. The Bertz CT molecular complexity index is 406. The quantitative estimate of drug-likeness (QED) is 0.888. The van der Waals surface area contributed by atoms with E-state index in [1.807, 2.05) is 0 Å². The van der Waals surface area contributed by atoms with Crippen molar-refractivity contribution in [2.45, 2.75) is 45.1 Å². The molecule has 98 valence electrons. The molecule has 3 unspecified atom stereocenters. The molecular formula is C16H23NO. The fourth-order valence-electron chi connectivity index (χ4n) is 3.80. The normalized spacial score (nSPS) is 34.3. The number of fused-ring (bicyclic) bond motifs is 1. The van der Waals surface area contributed by atoms with Crippen LogP contribution in [0.3, 0.4) is 0 Å². The average Bonchev–Trinajstić information content (AvgIpc) is 2.93. The number of rotatable bonds is 3. The van der Waals surface area contributed by atoms with Crippen molar-refractivity contribution in [3.8, 4) is 5.75 Å². The molecule has 0 spiro atoms. The topological polar surface area (TPSA) is 35.2 Å². The first-order valence-corrected chi connectivity index (χ1v) is 7.15. The lowest BCUT2D eigenvalue weighted by Crippen LogP contribution is -2.33. The zero-order chi connectivity index (χ0) is 12.6. The Balaban J connectivity index is 1.68. The fourth-order valence-corrected chi connectivity index (χ4v) is 3.80. The van der Waals surface area contributed by atoms with E-state index in [1.165, 1.54) is 24.8 Å². The van der Waals surface area contributed by atoms with E-state index in [4.69, 9.17) is 10.5 Å². The number of hydrogen-bond acceptors (Lipinski definition) is 2. The molecule has 0 aromatic heterocycles. The summed E-state index contributed by atoms with van der Waals surface area (Å²) in [5.41, 5.74) is 7.76. The van der Waals surface area contributed by atoms with Crippen molar-refractivity contribution in [3.05, 3.63) is 29.8 Å². The van der Waals surface area contributed by atoms with Crippen LogP contribution < -0.4 is 10.5 Å². The van der Waals surface area contributed by atoms with Crippen LogP contribution in [0.15, 0.2) is 24.3 Å². The minimum absolute atomic E-state index is 0.339. The van der Waals surface area contributed by atoms with E-state index in [0.717, 1.165) is 31.1 Å². The average molecular weight is 245 g/mol. The maximum Gasteiger partial charge on any atom is 0.123 e. The van der Waals surface area contributed by atoms with E-state index >= 15 is 0 Å². The monoisotopic (exact) mass is 245 g/mol. The third-order valence-electron chi connectivity index (χ3n) is 4.76. The van der Waals surface area contributed by atoms with Crippen LogP contribution in [-0.2, 0) is 6.42 Å². The minimum Gasteiger partial charge on any atom is -0.490 e. The molecule has 3 rings (SSSR count). The molecule has 3 atom stereocenters. The highest BCUT2D eigenvalue weighted by atomic mass is 16.5. The van der Waals surface area contributed by atoms with Crippen molar-refractivity contribution in [2.24, 2.45) is 17.1 Å². The van der Waals surface area contributed by atoms with Crippen molar-refractivity contribution in [1.82, 2.24) is 0 Å². The van der Waals surface area contributed by atoms with Crippen molar-refractivity contribution >= 4 is 0 Å². The molecule has 0 saturated heterocycles. The SMILES string of the molecule is CC1CCC(CN)(CC2Cc3ccccc3O2)C1. The highest BCUT2D eigenvalue weighted by molar-refractivity contribution is 5.37.